The average molecular weight is 360 g/mol. The fourth-order valence-electron chi connectivity index (χ4n) is 3.26. The predicted molar refractivity (Wildman–Crippen MR) is 88.6 cm³/mol. The number of benzene rings is 2. The minimum atomic E-state index is -2.91. The van der Waals surface area contributed by atoms with E-state index in [1.54, 1.807) is 35.0 Å². The Balaban J connectivity index is 1.71. The van der Waals surface area contributed by atoms with Gasteiger partial charge in [0.1, 0.15) is 17.9 Å². The number of nitrogens with one attached hydrogen (secondary N) is 1. The highest BCUT2D eigenvalue weighted by molar-refractivity contribution is 5.43. The van der Waals surface area contributed by atoms with Crippen LogP contribution in [0.2, 0.25) is 0 Å². The van der Waals surface area contributed by atoms with Crippen molar-refractivity contribution in [1.82, 2.24) is 14.8 Å². The maximum absolute atomic E-state index is 13.3. The van der Waals surface area contributed by atoms with Gasteiger partial charge in [-0.1, -0.05) is 30.3 Å². The first-order valence-corrected chi connectivity index (χ1v) is 8.07. The first-order valence-electron chi connectivity index (χ1n) is 8.07. The predicted octanol–water partition coefficient (Wildman–Crippen LogP) is 4.16. The number of alkyl halides is 2. The number of rotatable bonds is 4. The lowest BCUT2D eigenvalue weighted by Crippen LogP contribution is -2.28. The van der Waals surface area contributed by atoms with Crippen molar-refractivity contribution in [1.29, 1.82) is 0 Å². The fourth-order valence-corrected chi connectivity index (χ4v) is 3.26. The van der Waals surface area contributed by atoms with Gasteiger partial charge in [-0.3, -0.25) is 0 Å². The maximum atomic E-state index is 13.3. The second-order valence-electron chi connectivity index (χ2n) is 5.94. The van der Waals surface area contributed by atoms with Gasteiger partial charge in [-0.25, -0.2) is 9.07 Å². The molecule has 0 bridgehead atoms. The second-order valence-corrected chi connectivity index (χ2v) is 5.94. The van der Waals surface area contributed by atoms with E-state index in [1.807, 2.05) is 0 Å². The molecule has 0 saturated heterocycles. The van der Waals surface area contributed by atoms with Gasteiger partial charge in [0, 0.05) is 5.56 Å². The molecule has 1 aliphatic heterocycles. The highest BCUT2D eigenvalue weighted by atomic mass is 19.3. The summed E-state index contributed by atoms with van der Waals surface area (Å²) in [5.74, 6) is 0.307. The lowest BCUT2D eigenvalue weighted by atomic mass is 9.93. The summed E-state index contributed by atoms with van der Waals surface area (Å²) in [5.41, 5.74) is 1.46. The van der Waals surface area contributed by atoms with Gasteiger partial charge in [-0.2, -0.15) is 18.9 Å². The van der Waals surface area contributed by atoms with Gasteiger partial charge in [0.2, 0.25) is 5.95 Å². The number of hydrogen-bond donors (Lipinski definition) is 1. The SMILES string of the molecule is Fc1ccc([C@@H]2C[C@@H](c3ccccc3OC(F)F)Nc3ncnn32)cc1. The molecular formula is C18H15F3N4O. The number of para-hydroxylation sites is 1. The zero-order valence-corrected chi connectivity index (χ0v) is 13.5. The van der Waals surface area contributed by atoms with Crippen LogP contribution in [0.25, 0.3) is 0 Å². The molecule has 0 spiro atoms. The van der Waals surface area contributed by atoms with Gasteiger partial charge < -0.3 is 10.1 Å². The van der Waals surface area contributed by atoms with Crippen molar-refractivity contribution in [3.8, 4) is 5.75 Å². The van der Waals surface area contributed by atoms with Crippen molar-refractivity contribution in [2.24, 2.45) is 0 Å². The van der Waals surface area contributed by atoms with Gasteiger partial charge in [0.05, 0.1) is 12.1 Å². The molecule has 3 aromatic rings. The lowest BCUT2D eigenvalue weighted by Gasteiger charge is -2.32. The molecule has 4 rings (SSSR count). The summed E-state index contributed by atoms with van der Waals surface area (Å²) in [6.07, 6.45) is 1.94. The minimum absolute atomic E-state index is 0.117. The standard InChI is InChI=1S/C18H15F3N4O/c19-12-7-5-11(6-8-12)15-9-14(24-18-22-10-23-25(15)18)13-3-1-2-4-16(13)26-17(20)21/h1-8,10,14-15,17H,9H2,(H,22,23,24)/t14-,15-/m0/s1. The van der Waals surface area contributed by atoms with E-state index in [0.717, 1.165) is 5.56 Å². The van der Waals surface area contributed by atoms with E-state index in [-0.39, 0.29) is 23.7 Å². The van der Waals surface area contributed by atoms with Crippen LogP contribution in [0.4, 0.5) is 19.1 Å². The molecule has 0 fully saturated rings. The Morgan fingerprint density at radius 2 is 1.88 bits per heavy atom. The highest BCUT2D eigenvalue weighted by Gasteiger charge is 2.31. The van der Waals surface area contributed by atoms with Crippen LogP contribution in [0.5, 0.6) is 5.75 Å². The maximum Gasteiger partial charge on any atom is 0.387 e. The van der Waals surface area contributed by atoms with Crippen LogP contribution in [0.3, 0.4) is 0 Å². The van der Waals surface area contributed by atoms with Crippen LogP contribution in [0, 0.1) is 5.82 Å². The first kappa shape index (κ1) is 16.4. The van der Waals surface area contributed by atoms with Crippen LogP contribution >= 0.6 is 0 Å². The van der Waals surface area contributed by atoms with E-state index >= 15 is 0 Å². The molecule has 0 amide bonds. The molecule has 0 radical (unpaired) electrons. The molecular weight excluding hydrogens is 345 g/mol. The van der Waals surface area contributed by atoms with Crippen molar-refractivity contribution < 1.29 is 17.9 Å². The fraction of sp³-hybridized carbons (Fsp3) is 0.222. The molecule has 0 unspecified atom stereocenters. The third kappa shape index (κ3) is 3.10. The van der Waals surface area contributed by atoms with Gasteiger partial charge in [0.25, 0.3) is 0 Å². The van der Waals surface area contributed by atoms with Gasteiger partial charge in [-0.05, 0) is 30.2 Å². The molecule has 26 heavy (non-hydrogen) atoms. The summed E-state index contributed by atoms with van der Waals surface area (Å²) in [4.78, 5) is 4.19. The molecule has 5 nitrogen and oxygen atoms in total. The molecule has 1 aromatic heterocycles. The van der Waals surface area contributed by atoms with E-state index in [0.29, 0.717) is 17.9 Å². The second kappa shape index (κ2) is 6.70. The summed E-state index contributed by atoms with van der Waals surface area (Å²) in [5, 5.41) is 7.44. The van der Waals surface area contributed by atoms with Gasteiger partial charge in [0.15, 0.2) is 0 Å². The molecule has 0 aliphatic carbocycles. The zero-order valence-electron chi connectivity index (χ0n) is 13.5. The summed E-state index contributed by atoms with van der Waals surface area (Å²) < 4.78 is 45.1. The van der Waals surface area contributed by atoms with E-state index in [2.05, 4.69) is 20.1 Å². The topological polar surface area (TPSA) is 52.0 Å². The number of nitrogens with zero attached hydrogens (tertiary/aromatic N) is 3. The Hall–Kier alpha value is -3.03. The van der Waals surface area contributed by atoms with E-state index in [9.17, 15) is 13.2 Å². The Labute approximate surface area is 147 Å². The Morgan fingerprint density at radius 1 is 1.12 bits per heavy atom. The van der Waals surface area contributed by atoms with Crippen molar-refractivity contribution >= 4 is 5.95 Å². The smallest absolute Gasteiger partial charge is 0.387 e. The van der Waals surface area contributed by atoms with Crippen LogP contribution < -0.4 is 10.1 Å². The van der Waals surface area contributed by atoms with E-state index in [4.69, 9.17) is 0 Å². The van der Waals surface area contributed by atoms with E-state index < -0.39 is 6.61 Å². The summed E-state index contributed by atoms with van der Waals surface area (Å²) >= 11 is 0. The minimum Gasteiger partial charge on any atom is -0.434 e. The number of ether oxygens (including phenoxy) is 1. The largest absolute Gasteiger partial charge is 0.434 e. The lowest BCUT2D eigenvalue weighted by molar-refractivity contribution is -0.0506. The third-order valence-corrected chi connectivity index (χ3v) is 4.40. The normalized spacial score (nSPS) is 19.1. The number of hydrogen-bond acceptors (Lipinski definition) is 4. The van der Waals surface area contributed by atoms with Crippen molar-refractivity contribution in [3.63, 3.8) is 0 Å². The summed E-state index contributed by atoms with van der Waals surface area (Å²) in [6.45, 7) is -2.91. The molecule has 2 heterocycles. The summed E-state index contributed by atoms with van der Waals surface area (Å²) in [7, 11) is 0. The summed E-state index contributed by atoms with van der Waals surface area (Å²) in [6, 6.07) is 12.3. The molecule has 134 valence electrons. The molecule has 8 heteroatoms. The molecule has 0 saturated carbocycles. The average Bonchev–Trinajstić information content (AvgIpc) is 3.10. The van der Waals surface area contributed by atoms with Gasteiger partial charge in [-0.15, -0.1) is 0 Å². The molecule has 1 aliphatic rings. The zero-order chi connectivity index (χ0) is 18.1. The highest BCUT2D eigenvalue weighted by Crippen LogP contribution is 2.40. The van der Waals surface area contributed by atoms with Crippen molar-refractivity contribution in [3.05, 3.63) is 71.8 Å². The quantitative estimate of drug-likeness (QED) is 0.759. The number of fused-ring (bicyclic) bond motifs is 1. The van der Waals surface area contributed by atoms with Crippen molar-refractivity contribution in [2.75, 3.05) is 5.32 Å². The third-order valence-electron chi connectivity index (χ3n) is 4.40. The molecule has 2 aromatic carbocycles. The number of halogens is 3. The Morgan fingerprint density at radius 3 is 2.65 bits per heavy atom. The number of anilines is 1. The monoisotopic (exact) mass is 360 g/mol. The Bertz CT molecular complexity index is 897. The van der Waals surface area contributed by atoms with Crippen LogP contribution in [-0.2, 0) is 0 Å². The molecule has 2 atom stereocenters. The van der Waals surface area contributed by atoms with E-state index in [1.165, 1.54) is 24.5 Å². The van der Waals surface area contributed by atoms with Crippen molar-refractivity contribution in [2.45, 2.75) is 25.1 Å². The number of aromatic nitrogens is 3. The van der Waals surface area contributed by atoms with Crippen LogP contribution in [-0.4, -0.2) is 21.4 Å². The Kier molecular flexibility index (Phi) is 4.24. The first-order chi connectivity index (χ1) is 12.6. The van der Waals surface area contributed by atoms with Gasteiger partial charge >= 0.3 is 6.61 Å². The van der Waals surface area contributed by atoms with Crippen LogP contribution in [0.1, 0.15) is 29.6 Å². The van der Waals surface area contributed by atoms with Crippen LogP contribution in [0.15, 0.2) is 54.9 Å². The molecule has 1 N–H and O–H groups in total.